The fourth-order valence-electron chi connectivity index (χ4n) is 1.84. The van der Waals surface area contributed by atoms with Crippen LogP contribution in [0.25, 0.3) is 0 Å². The predicted octanol–water partition coefficient (Wildman–Crippen LogP) is 4.04. The Bertz CT molecular complexity index is 309. The average Bonchev–Trinajstić information content (AvgIpc) is 2.21. The molecule has 2 heteroatoms. The van der Waals surface area contributed by atoms with Crippen LogP contribution in [-0.2, 0) is 6.42 Å². The Morgan fingerprint density at radius 2 is 1.88 bits per heavy atom. The van der Waals surface area contributed by atoms with Crippen molar-refractivity contribution >= 4 is 11.6 Å². The first kappa shape index (κ1) is 13.5. The molecule has 0 amide bonds. The van der Waals surface area contributed by atoms with Gasteiger partial charge in [0.25, 0.3) is 0 Å². The molecule has 0 fully saturated rings. The zero-order chi connectivity index (χ0) is 12.0. The minimum absolute atomic E-state index is 0.235. The molecule has 0 aliphatic carbocycles. The van der Waals surface area contributed by atoms with Crippen LogP contribution in [0, 0.1) is 5.92 Å². The third kappa shape index (κ3) is 5.00. The molecule has 1 rings (SSSR count). The van der Waals surface area contributed by atoms with Gasteiger partial charge >= 0.3 is 0 Å². The largest absolute Gasteiger partial charge is 0.327 e. The fourth-order valence-corrected chi connectivity index (χ4v) is 2.05. The third-order valence-electron chi connectivity index (χ3n) is 2.80. The van der Waals surface area contributed by atoms with E-state index in [9.17, 15) is 0 Å². The SMILES string of the molecule is CC(C)CCCC(N)Cc1ccccc1Cl. The van der Waals surface area contributed by atoms with Gasteiger partial charge in [0, 0.05) is 11.1 Å². The van der Waals surface area contributed by atoms with Gasteiger partial charge in [-0.1, -0.05) is 56.5 Å². The van der Waals surface area contributed by atoms with E-state index in [-0.39, 0.29) is 6.04 Å². The van der Waals surface area contributed by atoms with Crippen LogP contribution in [0.4, 0.5) is 0 Å². The number of benzene rings is 1. The van der Waals surface area contributed by atoms with Crippen LogP contribution in [0.5, 0.6) is 0 Å². The van der Waals surface area contributed by atoms with E-state index < -0.39 is 0 Å². The molecule has 0 aliphatic heterocycles. The zero-order valence-corrected chi connectivity index (χ0v) is 11.0. The first-order chi connectivity index (χ1) is 7.59. The molecule has 90 valence electrons. The summed E-state index contributed by atoms with van der Waals surface area (Å²) in [6.45, 7) is 4.50. The molecule has 1 aromatic rings. The van der Waals surface area contributed by atoms with Crippen LogP contribution in [0.15, 0.2) is 24.3 Å². The van der Waals surface area contributed by atoms with Crippen LogP contribution in [0.3, 0.4) is 0 Å². The van der Waals surface area contributed by atoms with E-state index in [0.717, 1.165) is 23.8 Å². The van der Waals surface area contributed by atoms with E-state index in [4.69, 9.17) is 17.3 Å². The van der Waals surface area contributed by atoms with Crippen LogP contribution in [0.1, 0.15) is 38.7 Å². The van der Waals surface area contributed by atoms with E-state index in [0.29, 0.717) is 0 Å². The van der Waals surface area contributed by atoms with Crippen molar-refractivity contribution in [2.24, 2.45) is 11.7 Å². The summed E-state index contributed by atoms with van der Waals surface area (Å²) in [5, 5.41) is 0.835. The highest BCUT2D eigenvalue weighted by Crippen LogP contribution is 2.18. The summed E-state index contributed by atoms with van der Waals surface area (Å²) in [6, 6.07) is 8.19. The molecule has 0 bridgehead atoms. The van der Waals surface area contributed by atoms with Crippen molar-refractivity contribution in [2.45, 2.75) is 45.6 Å². The van der Waals surface area contributed by atoms with Gasteiger partial charge in [-0.2, -0.15) is 0 Å². The second kappa shape index (κ2) is 6.93. The summed E-state index contributed by atoms with van der Waals surface area (Å²) in [5.74, 6) is 0.771. The van der Waals surface area contributed by atoms with Gasteiger partial charge in [0.15, 0.2) is 0 Å². The molecular weight excluding hydrogens is 218 g/mol. The Kier molecular flexibility index (Phi) is 5.86. The van der Waals surface area contributed by atoms with Gasteiger partial charge in [-0.3, -0.25) is 0 Å². The number of halogens is 1. The minimum atomic E-state index is 0.235. The summed E-state index contributed by atoms with van der Waals surface area (Å²) in [4.78, 5) is 0. The van der Waals surface area contributed by atoms with E-state index in [1.165, 1.54) is 18.4 Å². The highest BCUT2D eigenvalue weighted by atomic mass is 35.5. The van der Waals surface area contributed by atoms with Gasteiger partial charge in [-0.15, -0.1) is 0 Å². The lowest BCUT2D eigenvalue weighted by Crippen LogP contribution is -2.22. The average molecular weight is 240 g/mol. The van der Waals surface area contributed by atoms with E-state index >= 15 is 0 Å². The number of hydrogen-bond donors (Lipinski definition) is 1. The first-order valence-corrected chi connectivity index (χ1v) is 6.46. The number of nitrogens with two attached hydrogens (primary N) is 1. The molecule has 1 unspecified atom stereocenters. The summed E-state index contributed by atoms with van der Waals surface area (Å²) >= 11 is 6.10. The second-order valence-electron chi connectivity index (χ2n) is 4.88. The lowest BCUT2D eigenvalue weighted by atomic mass is 9.99. The standard InChI is InChI=1S/C14H22ClN/c1-11(2)6-5-8-13(16)10-12-7-3-4-9-14(12)15/h3-4,7,9,11,13H,5-6,8,10,16H2,1-2H3. The quantitative estimate of drug-likeness (QED) is 0.797. The Morgan fingerprint density at radius 1 is 1.19 bits per heavy atom. The maximum absolute atomic E-state index is 6.10. The fraction of sp³-hybridized carbons (Fsp3) is 0.571. The molecule has 1 nitrogen and oxygen atoms in total. The van der Waals surface area contributed by atoms with Crippen molar-refractivity contribution in [1.29, 1.82) is 0 Å². The molecule has 0 spiro atoms. The third-order valence-corrected chi connectivity index (χ3v) is 3.17. The molecule has 1 aromatic carbocycles. The maximum Gasteiger partial charge on any atom is 0.0438 e. The lowest BCUT2D eigenvalue weighted by molar-refractivity contribution is 0.496. The van der Waals surface area contributed by atoms with Gasteiger partial charge in [-0.25, -0.2) is 0 Å². The molecule has 0 heterocycles. The van der Waals surface area contributed by atoms with Gasteiger partial charge in [0.1, 0.15) is 0 Å². The minimum Gasteiger partial charge on any atom is -0.327 e. The highest BCUT2D eigenvalue weighted by Gasteiger charge is 2.07. The Labute approximate surface area is 104 Å². The number of rotatable bonds is 6. The van der Waals surface area contributed by atoms with Gasteiger partial charge in [0.05, 0.1) is 0 Å². The summed E-state index contributed by atoms with van der Waals surface area (Å²) in [7, 11) is 0. The molecule has 0 radical (unpaired) electrons. The van der Waals surface area contributed by atoms with Gasteiger partial charge in [-0.05, 0) is 30.4 Å². The molecule has 0 aliphatic rings. The lowest BCUT2D eigenvalue weighted by Gasteiger charge is -2.13. The van der Waals surface area contributed by atoms with Crippen LogP contribution in [-0.4, -0.2) is 6.04 Å². The van der Waals surface area contributed by atoms with Crippen LogP contribution < -0.4 is 5.73 Å². The number of hydrogen-bond acceptors (Lipinski definition) is 1. The van der Waals surface area contributed by atoms with Crippen molar-refractivity contribution in [3.05, 3.63) is 34.9 Å². The monoisotopic (exact) mass is 239 g/mol. The van der Waals surface area contributed by atoms with Crippen molar-refractivity contribution < 1.29 is 0 Å². The zero-order valence-electron chi connectivity index (χ0n) is 10.2. The van der Waals surface area contributed by atoms with E-state index in [1.807, 2.05) is 18.2 Å². The van der Waals surface area contributed by atoms with E-state index in [2.05, 4.69) is 19.9 Å². The van der Waals surface area contributed by atoms with Crippen molar-refractivity contribution in [3.8, 4) is 0 Å². The molecule has 0 saturated carbocycles. The molecule has 2 N–H and O–H groups in total. The maximum atomic E-state index is 6.10. The smallest absolute Gasteiger partial charge is 0.0438 e. The predicted molar refractivity (Wildman–Crippen MR) is 71.8 cm³/mol. The Morgan fingerprint density at radius 3 is 2.50 bits per heavy atom. The molecule has 0 saturated heterocycles. The topological polar surface area (TPSA) is 26.0 Å². The summed E-state index contributed by atoms with van der Waals surface area (Å²) < 4.78 is 0. The first-order valence-electron chi connectivity index (χ1n) is 6.08. The molecule has 0 aromatic heterocycles. The molecule has 16 heavy (non-hydrogen) atoms. The normalized spacial score (nSPS) is 13.1. The van der Waals surface area contributed by atoms with Crippen molar-refractivity contribution in [1.82, 2.24) is 0 Å². The Balaban J connectivity index is 2.34. The highest BCUT2D eigenvalue weighted by molar-refractivity contribution is 6.31. The van der Waals surface area contributed by atoms with Crippen molar-refractivity contribution in [3.63, 3.8) is 0 Å². The van der Waals surface area contributed by atoms with Crippen LogP contribution >= 0.6 is 11.6 Å². The van der Waals surface area contributed by atoms with Crippen molar-refractivity contribution in [2.75, 3.05) is 0 Å². The van der Waals surface area contributed by atoms with Crippen LogP contribution in [0.2, 0.25) is 5.02 Å². The Hall–Kier alpha value is -0.530. The summed E-state index contributed by atoms with van der Waals surface area (Å²) in [6.07, 6.45) is 4.45. The molecule has 1 atom stereocenters. The van der Waals surface area contributed by atoms with E-state index in [1.54, 1.807) is 0 Å². The summed E-state index contributed by atoms with van der Waals surface area (Å²) in [5.41, 5.74) is 7.27. The van der Waals surface area contributed by atoms with Gasteiger partial charge < -0.3 is 5.73 Å². The van der Waals surface area contributed by atoms with Gasteiger partial charge in [0.2, 0.25) is 0 Å². The second-order valence-corrected chi connectivity index (χ2v) is 5.29. The molecular formula is C14H22ClN.